The topological polar surface area (TPSA) is 59.2 Å². The Bertz CT molecular complexity index is 317. The van der Waals surface area contributed by atoms with E-state index in [1.165, 1.54) is 25.3 Å². The van der Waals surface area contributed by atoms with Gasteiger partial charge in [0.2, 0.25) is 5.56 Å². The van der Waals surface area contributed by atoms with Crippen LogP contribution in [0, 0.1) is 0 Å². The molecular formula is C9H13NO3. The maximum absolute atomic E-state index is 10.8. The first kappa shape index (κ1) is 11.4. The Morgan fingerprint density at radius 2 is 2.00 bits per heavy atom. The van der Waals surface area contributed by atoms with E-state index in [1.807, 2.05) is 13.8 Å². The van der Waals surface area contributed by atoms with Crippen LogP contribution in [0.4, 0.5) is 0 Å². The van der Waals surface area contributed by atoms with Crippen LogP contribution >= 0.6 is 0 Å². The van der Waals surface area contributed by atoms with Crippen molar-refractivity contribution in [2.24, 2.45) is 0 Å². The van der Waals surface area contributed by atoms with E-state index in [9.17, 15) is 9.59 Å². The molecule has 0 spiro atoms. The number of pyridine rings is 1. The lowest BCUT2D eigenvalue weighted by atomic mass is 10.3. The monoisotopic (exact) mass is 183 g/mol. The summed E-state index contributed by atoms with van der Waals surface area (Å²) in [5, 5.41) is 0. The summed E-state index contributed by atoms with van der Waals surface area (Å²) in [5.41, 5.74) is -0.145. The SMILES string of the molecule is CC.COC(=O)c1cccc(=O)[nH]1. The number of carbonyl (C=O) groups excluding carboxylic acids is 1. The Hall–Kier alpha value is -1.58. The van der Waals surface area contributed by atoms with E-state index in [-0.39, 0.29) is 11.3 Å². The molecule has 0 bridgehead atoms. The molecule has 0 unspecified atom stereocenters. The van der Waals surface area contributed by atoms with Crippen LogP contribution in [0.2, 0.25) is 0 Å². The number of aromatic nitrogens is 1. The lowest BCUT2D eigenvalue weighted by Gasteiger charge is -1.95. The number of aromatic amines is 1. The molecule has 0 saturated carbocycles. The molecule has 1 aromatic rings. The van der Waals surface area contributed by atoms with Crippen LogP contribution in [0.1, 0.15) is 24.3 Å². The summed E-state index contributed by atoms with van der Waals surface area (Å²) in [7, 11) is 1.26. The highest BCUT2D eigenvalue weighted by Crippen LogP contribution is 1.91. The third kappa shape index (κ3) is 3.55. The van der Waals surface area contributed by atoms with Crippen molar-refractivity contribution in [1.82, 2.24) is 4.98 Å². The molecule has 1 N–H and O–H groups in total. The Labute approximate surface area is 76.6 Å². The van der Waals surface area contributed by atoms with Gasteiger partial charge in [0.25, 0.3) is 0 Å². The van der Waals surface area contributed by atoms with Crippen LogP contribution in [0.5, 0.6) is 0 Å². The fourth-order valence-electron chi connectivity index (χ4n) is 0.677. The van der Waals surface area contributed by atoms with Crippen LogP contribution in [-0.4, -0.2) is 18.1 Å². The molecule has 1 rings (SSSR count). The number of rotatable bonds is 1. The highest BCUT2D eigenvalue weighted by Gasteiger charge is 2.03. The second kappa shape index (κ2) is 5.99. The number of esters is 1. The van der Waals surface area contributed by atoms with Gasteiger partial charge in [0.15, 0.2) is 0 Å². The lowest BCUT2D eigenvalue weighted by molar-refractivity contribution is 0.0593. The summed E-state index contributed by atoms with van der Waals surface area (Å²) in [6.45, 7) is 4.00. The van der Waals surface area contributed by atoms with E-state index in [2.05, 4.69) is 9.72 Å². The Morgan fingerprint density at radius 3 is 2.46 bits per heavy atom. The summed E-state index contributed by atoms with van der Waals surface area (Å²) in [6, 6.07) is 4.30. The van der Waals surface area contributed by atoms with Gasteiger partial charge in [-0.05, 0) is 6.07 Å². The van der Waals surface area contributed by atoms with E-state index in [0.29, 0.717) is 0 Å². The molecule has 13 heavy (non-hydrogen) atoms. The molecule has 0 fully saturated rings. The molecule has 4 nitrogen and oxygen atoms in total. The molecule has 4 heteroatoms. The van der Waals surface area contributed by atoms with Gasteiger partial charge >= 0.3 is 5.97 Å². The summed E-state index contributed by atoms with van der Waals surface area (Å²) < 4.78 is 4.38. The van der Waals surface area contributed by atoms with Gasteiger partial charge < -0.3 is 9.72 Å². The van der Waals surface area contributed by atoms with E-state index >= 15 is 0 Å². The number of methoxy groups -OCH3 is 1. The molecule has 0 aliphatic heterocycles. The third-order valence-electron chi connectivity index (χ3n) is 1.17. The van der Waals surface area contributed by atoms with Gasteiger partial charge in [-0.25, -0.2) is 4.79 Å². The maximum atomic E-state index is 10.8. The van der Waals surface area contributed by atoms with Crippen molar-refractivity contribution in [3.63, 3.8) is 0 Å². The van der Waals surface area contributed by atoms with Gasteiger partial charge in [0, 0.05) is 6.07 Å². The van der Waals surface area contributed by atoms with E-state index in [4.69, 9.17) is 0 Å². The van der Waals surface area contributed by atoms with Crippen LogP contribution in [0.3, 0.4) is 0 Å². The van der Waals surface area contributed by atoms with Gasteiger partial charge in [-0.1, -0.05) is 19.9 Å². The molecule has 1 heterocycles. The molecule has 72 valence electrons. The molecule has 0 amide bonds. The fraction of sp³-hybridized carbons (Fsp3) is 0.333. The molecule has 0 atom stereocenters. The zero-order chi connectivity index (χ0) is 10.3. The number of carbonyl (C=O) groups is 1. The second-order valence-corrected chi connectivity index (χ2v) is 1.92. The zero-order valence-electron chi connectivity index (χ0n) is 7.96. The average molecular weight is 183 g/mol. The second-order valence-electron chi connectivity index (χ2n) is 1.92. The van der Waals surface area contributed by atoms with Crippen molar-refractivity contribution in [2.75, 3.05) is 7.11 Å². The van der Waals surface area contributed by atoms with Crippen LogP contribution in [-0.2, 0) is 4.74 Å². The first-order chi connectivity index (χ1) is 6.24. The first-order valence-electron chi connectivity index (χ1n) is 4.01. The van der Waals surface area contributed by atoms with Crippen LogP contribution in [0.15, 0.2) is 23.0 Å². The van der Waals surface area contributed by atoms with E-state index in [0.717, 1.165) is 0 Å². The van der Waals surface area contributed by atoms with Crippen LogP contribution in [0.25, 0.3) is 0 Å². The molecule has 0 radical (unpaired) electrons. The Balaban J connectivity index is 0.000000671. The van der Waals surface area contributed by atoms with Crippen molar-refractivity contribution >= 4 is 5.97 Å². The number of ether oxygens (including phenoxy) is 1. The molecular weight excluding hydrogens is 170 g/mol. The highest BCUT2D eigenvalue weighted by atomic mass is 16.5. The van der Waals surface area contributed by atoms with Crippen molar-refractivity contribution in [2.45, 2.75) is 13.8 Å². The summed E-state index contributed by atoms with van der Waals surface area (Å²) in [4.78, 5) is 23.7. The normalized spacial score (nSPS) is 8.23. The van der Waals surface area contributed by atoms with Crippen molar-refractivity contribution < 1.29 is 9.53 Å². The minimum atomic E-state index is -0.539. The first-order valence-corrected chi connectivity index (χ1v) is 4.01. The van der Waals surface area contributed by atoms with Gasteiger partial charge in [-0.15, -0.1) is 0 Å². The standard InChI is InChI=1S/C7H7NO3.C2H6/c1-11-7(10)5-3-2-4-6(9)8-5;1-2/h2-4H,1H3,(H,8,9);1-2H3. The summed E-state index contributed by atoms with van der Waals surface area (Å²) in [5.74, 6) is -0.539. The largest absolute Gasteiger partial charge is 0.464 e. The smallest absolute Gasteiger partial charge is 0.354 e. The van der Waals surface area contributed by atoms with E-state index in [1.54, 1.807) is 0 Å². The summed E-state index contributed by atoms with van der Waals surface area (Å²) >= 11 is 0. The number of nitrogens with one attached hydrogen (secondary N) is 1. The third-order valence-corrected chi connectivity index (χ3v) is 1.17. The molecule has 0 aliphatic rings. The van der Waals surface area contributed by atoms with Gasteiger partial charge in [-0.2, -0.15) is 0 Å². The molecule has 0 aliphatic carbocycles. The molecule has 0 aromatic carbocycles. The van der Waals surface area contributed by atoms with Crippen molar-refractivity contribution in [1.29, 1.82) is 0 Å². The lowest BCUT2D eigenvalue weighted by Crippen LogP contribution is -2.11. The average Bonchev–Trinajstić information content (AvgIpc) is 2.20. The van der Waals surface area contributed by atoms with Crippen molar-refractivity contribution in [3.05, 3.63) is 34.2 Å². The Kier molecular flexibility index (Phi) is 5.27. The minimum Gasteiger partial charge on any atom is -0.464 e. The zero-order valence-corrected chi connectivity index (χ0v) is 7.96. The molecule has 0 saturated heterocycles. The van der Waals surface area contributed by atoms with Gasteiger partial charge in [0.05, 0.1) is 7.11 Å². The number of hydrogen-bond donors (Lipinski definition) is 1. The van der Waals surface area contributed by atoms with Gasteiger partial charge in [0.1, 0.15) is 5.69 Å². The van der Waals surface area contributed by atoms with Crippen LogP contribution < -0.4 is 5.56 Å². The maximum Gasteiger partial charge on any atom is 0.354 e. The predicted octanol–water partition coefficient (Wildman–Crippen LogP) is 1.19. The van der Waals surface area contributed by atoms with Crippen molar-refractivity contribution in [3.8, 4) is 0 Å². The number of hydrogen-bond acceptors (Lipinski definition) is 3. The highest BCUT2D eigenvalue weighted by molar-refractivity contribution is 5.86. The van der Waals surface area contributed by atoms with E-state index < -0.39 is 5.97 Å². The molecule has 1 aromatic heterocycles. The number of H-pyrrole nitrogens is 1. The summed E-state index contributed by atoms with van der Waals surface area (Å²) in [6.07, 6.45) is 0. The fourth-order valence-corrected chi connectivity index (χ4v) is 0.677. The predicted molar refractivity (Wildman–Crippen MR) is 49.8 cm³/mol. The quantitative estimate of drug-likeness (QED) is 0.665. The minimum absolute atomic E-state index is 0.167. The van der Waals surface area contributed by atoms with Gasteiger partial charge in [-0.3, -0.25) is 4.79 Å². The Morgan fingerprint density at radius 1 is 1.38 bits per heavy atom.